The Bertz CT molecular complexity index is 457. The number of benzene rings is 1. The van der Waals surface area contributed by atoms with Crippen molar-refractivity contribution >= 4 is 0 Å². The summed E-state index contributed by atoms with van der Waals surface area (Å²) in [6.07, 6.45) is 1.05. The van der Waals surface area contributed by atoms with E-state index < -0.39 is 0 Å². The fraction of sp³-hybridized carbons (Fsp3) is 0.500. The zero-order chi connectivity index (χ0) is 14.8. The van der Waals surface area contributed by atoms with Gasteiger partial charge in [-0.05, 0) is 30.7 Å². The highest BCUT2D eigenvalue weighted by atomic mass is 16.5. The summed E-state index contributed by atoms with van der Waals surface area (Å²) in [6.45, 7) is 4.50. The Balaban J connectivity index is 2.89. The van der Waals surface area contributed by atoms with E-state index >= 15 is 0 Å². The van der Waals surface area contributed by atoms with Crippen molar-refractivity contribution in [2.75, 3.05) is 33.4 Å². The normalized spacial score (nSPS) is 10.2. The maximum Gasteiger partial charge on any atom is 0.134 e. The molecule has 2 N–H and O–H groups in total. The van der Waals surface area contributed by atoms with E-state index in [1.54, 1.807) is 7.11 Å². The molecule has 0 spiro atoms. The Kier molecular flexibility index (Phi) is 7.74. The van der Waals surface area contributed by atoms with Crippen LogP contribution in [0.15, 0.2) is 18.2 Å². The van der Waals surface area contributed by atoms with Crippen molar-refractivity contribution in [2.24, 2.45) is 0 Å². The molecule has 0 atom stereocenters. The van der Waals surface area contributed by atoms with E-state index in [4.69, 9.17) is 14.9 Å². The molecule has 4 nitrogen and oxygen atoms in total. The molecule has 0 aliphatic heterocycles. The van der Waals surface area contributed by atoms with Crippen LogP contribution in [0, 0.1) is 11.8 Å². The molecule has 0 unspecified atom stereocenters. The van der Waals surface area contributed by atoms with Gasteiger partial charge in [-0.25, -0.2) is 0 Å². The topological polar surface area (TPSA) is 52.9 Å². The first-order chi connectivity index (χ1) is 9.74. The van der Waals surface area contributed by atoms with Crippen molar-refractivity contribution in [3.8, 4) is 17.6 Å². The molecule has 0 aliphatic carbocycles. The largest absolute Gasteiger partial charge is 0.495 e. The average molecular weight is 277 g/mol. The first kappa shape index (κ1) is 16.5. The van der Waals surface area contributed by atoms with Crippen molar-refractivity contribution < 1.29 is 14.9 Å². The lowest BCUT2D eigenvalue weighted by molar-refractivity contribution is 0.190. The van der Waals surface area contributed by atoms with Crippen LogP contribution in [0.4, 0.5) is 0 Å². The van der Waals surface area contributed by atoms with Gasteiger partial charge in [-0.2, -0.15) is 0 Å². The number of hydrogen-bond donors (Lipinski definition) is 2. The van der Waals surface area contributed by atoms with Crippen LogP contribution in [0.5, 0.6) is 5.75 Å². The van der Waals surface area contributed by atoms with Gasteiger partial charge in [0.1, 0.15) is 12.4 Å². The van der Waals surface area contributed by atoms with Gasteiger partial charge in [0.2, 0.25) is 0 Å². The minimum absolute atomic E-state index is 0.160. The van der Waals surface area contributed by atoms with Crippen LogP contribution >= 0.6 is 0 Å². The van der Waals surface area contributed by atoms with E-state index in [0.717, 1.165) is 30.6 Å². The molecule has 0 amide bonds. The summed E-state index contributed by atoms with van der Waals surface area (Å²) >= 11 is 0. The smallest absolute Gasteiger partial charge is 0.134 e. The Morgan fingerprint density at radius 2 is 2.05 bits per heavy atom. The quantitative estimate of drug-likeness (QED) is 0.736. The molecule has 0 saturated heterocycles. The molecule has 0 heterocycles. The van der Waals surface area contributed by atoms with Crippen LogP contribution in [0.1, 0.15) is 24.5 Å². The van der Waals surface area contributed by atoms with Gasteiger partial charge in [-0.1, -0.05) is 24.8 Å². The monoisotopic (exact) mass is 277 g/mol. The Labute approximate surface area is 121 Å². The highest BCUT2D eigenvalue weighted by molar-refractivity contribution is 5.48. The molecule has 0 bridgehead atoms. The van der Waals surface area contributed by atoms with Gasteiger partial charge in [0.05, 0.1) is 19.3 Å². The highest BCUT2D eigenvalue weighted by Crippen LogP contribution is 2.19. The van der Waals surface area contributed by atoms with Crippen LogP contribution in [0.2, 0.25) is 0 Å². The molecule has 0 radical (unpaired) electrons. The van der Waals surface area contributed by atoms with Crippen molar-refractivity contribution in [3.63, 3.8) is 0 Å². The maximum absolute atomic E-state index is 9.08. The van der Waals surface area contributed by atoms with Crippen molar-refractivity contribution in [3.05, 3.63) is 29.3 Å². The highest BCUT2D eigenvalue weighted by Gasteiger charge is 2.07. The third-order valence-electron chi connectivity index (χ3n) is 2.93. The fourth-order valence-electron chi connectivity index (χ4n) is 2.07. The number of aliphatic hydroxyl groups is 2. The van der Waals surface area contributed by atoms with Gasteiger partial charge in [-0.3, -0.25) is 4.90 Å². The SMILES string of the molecule is CCCN(CCO)Cc1ccc(OC)c(C#CCO)c1. The van der Waals surface area contributed by atoms with Gasteiger partial charge in [-0.15, -0.1) is 0 Å². The minimum atomic E-state index is -0.167. The summed E-state index contributed by atoms with van der Waals surface area (Å²) in [5, 5.41) is 17.9. The third-order valence-corrected chi connectivity index (χ3v) is 2.93. The molecule has 0 fully saturated rings. The van der Waals surface area contributed by atoms with E-state index in [1.165, 1.54) is 0 Å². The number of rotatable bonds is 7. The van der Waals surface area contributed by atoms with Gasteiger partial charge in [0, 0.05) is 13.1 Å². The Morgan fingerprint density at radius 1 is 1.25 bits per heavy atom. The molecule has 0 aromatic heterocycles. The van der Waals surface area contributed by atoms with Gasteiger partial charge >= 0.3 is 0 Å². The lowest BCUT2D eigenvalue weighted by Crippen LogP contribution is -2.27. The zero-order valence-corrected chi connectivity index (χ0v) is 12.2. The van der Waals surface area contributed by atoms with E-state index in [-0.39, 0.29) is 13.2 Å². The number of aliphatic hydroxyl groups excluding tert-OH is 2. The molecule has 1 aromatic rings. The Morgan fingerprint density at radius 3 is 2.65 bits per heavy atom. The predicted octanol–water partition coefficient (Wildman–Crippen LogP) is 1.24. The van der Waals surface area contributed by atoms with Crippen molar-refractivity contribution in [1.82, 2.24) is 4.90 Å². The summed E-state index contributed by atoms with van der Waals surface area (Å²) in [7, 11) is 1.61. The average Bonchev–Trinajstić information content (AvgIpc) is 2.46. The number of nitrogens with zero attached hydrogens (tertiary/aromatic N) is 1. The zero-order valence-electron chi connectivity index (χ0n) is 12.2. The summed E-state index contributed by atoms with van der Waals surface area (Å²) in [4.78, 5) is 2.20. The minimum Gasteiger partial charge on any atom is -0.495 e. The van der Waals surface area contributed by atoms with E-state index in [0.29, 0.717) is 12.3 Å². The summed E-state index contributed by atoms with van der Waals surface area (Å²) in [5.74, 6) is 6.25. The number of ether oxygens (including phenoxy) is 1. The van der Waals surface area contributed by atoms with Crippen LogP contribution in [0.25, 0.3) is 0 Å². The molecule has 20 heavy (non-hydrogen) atoms. The second-order valence-corrected chi connectivity index (χ2v) is 4.49. The second-order valence-electron chi connectivity index (χ2n) is 4.49. The number of hydrogen-bond acceptors (Lipinski definition) is 4. The molecule has 110 valence electrons. The van der Waals surface area contributed by atoms with E-state index in [9.17, 15) is 0 Å². The summed E-state index contributed by atoms with van der Waals surface area (Å²) in [5.41, 5.74) is 1.90. The van der Waals surface area contributed by atoms with Crippen LogP contribution in [0.3, 0.4) is 0 Å². The maximum atomic E-state index is 9.08. The summed E-state index contributed by atoms with van der Waals surface area (Å²) in [6, 6.07) is 5.87. The van der Waals surface area contributed by atoms with Crippen LogP contribution in [-0.4, -0.2) is 48.5 Å². The second kappa shape index (κ2) is 9.38. The Hall–Kier alpha value is -1.54. The van der Waals surface area contributed by atoms with Gasteiger partial charge in [0.15, 0.2) is 0 Å². The van der Waals surface area contributed by atoms with Crippen LogP contribution < -0.4 is 4.74 Å². The molecule has 1 rings (SSSR count). The molecular formula is C16H23NO3. The van der Waals surface area contributed by atoms with Gasteiger partial charge in [0.25, 0.3) is 0 Å². The first-order valence-corrected chi connectivity index (χ1v) is 6.85. The lowest BCUT2D eigenvalue weighted by atomic mass is 10.1. The van der Waals surface area contributed by atoms with E-state index in [1.807, 2.05) is 18.2 Å². The molecular weight excluding hydrogens is 254 g/mol. The first-order valence-electron chi connectivity index (χ1n) is 6.85. The van der Waals surface area contributed by atoms with Crippen molar-refractivity contribution in [1.29, 1.82) is 0 Å². The number of methoxy groups -OCH3 is 1. The van der Waals surface area contributed by atoms with Crippen LogP contribution in [-0.2, 0) is 6.54 Å². The molecule has 1 aromatic carbocycles. The predicted molar refractivity (Wildman–Crippen MR) is 79.6 cm³/mol. The molecule has 0 saturated carbocycles. The van der Waals surface area contributed by atoms with E-state index in [2.05, 4.69) is 23.7 Å². The summed E-state index contributed by atoms with van der Waals surface area (Å²) < 4.78 is 5.26. The fourth-order valence-corrected chi connectivity index (χ4v) is 2.07. The van der Waals surface area contributed by atoms with Gasteiger partial charge < -0.3 is 14.9 Å². The van der Waals surface area contributed by atoms with Crippen molar-refractivity contribution in [2.45, 2.75) is 19.9 Å². The third kappa shape index (κ3) is 5.22. The standard InChI is InChI=1S/C16H23NO3/c1-3-8-17(9-11-19)13-14-6-7-16(20-2)15(12-14)5-4-10-18/h6-7,12,18-19H,3,8-11,13H2,1-2H3. The molecule has 4 heteroatoms. The lowest BCUT2D eigenvalue weighted by Gasteiger charge is -2.20. The molecule has 0 aliphatic rings.